The fourth-order valence-corrected chi connectivity index (χ4v) is 3.01. The lowest BCUT2D eigenvalue weighted by molar-refractivity contribution is -0.385. The minimum absolute atomic E-state index is 0.0638. The smallest absolute Gasteiger partial charge is 0.311 e. The number of benzene rings is 3. The Labute approximate surface area is 179 Å². The van der Waals surface area contributed by atoms with E-state index in [1.807, 2.05) is 0 Å². The molecule has 11 heteroatoms. The maximum absolute atomic E-state index is 12.4. The van der Waals surface area contributed by atoms with Gasteiger partial charge in [0, 0.05) is 23.3 Å². The summed E-state index contributed by atoms with van der Waals surface area (Å²) in [5, 5.41) is 43.9. The number of phenols is 3. The van der Waals surface area contributed by atoms with Crippen molar-refractivity contribution < 1.29 is 25.0 Å². The molecule has 0 aliphatic heterocycles. The van der Waals surface area contributed by atoms with E-state index >= 15 is 0 Å². The van der Waals surface area contributed by atoms with Crippen LogP contribution in [0.15, 0.2) is 59.7 Å². The first-order valence-electron chi connectivity index (χ1n) is 9.15. The Hall–Kier alpha value is -4.93. The van der Waals surface area contributed by atoms with Crippen molar-refractivity contribution in [1.82, 2.24) is 15.4 Å². The first-order valence-corrected chi connectivity index (χ1v) is 9.15. The summed E-state index contributed by atoms with van der Waals surface area (Å²) in [4.78, 5) is 30.0. The third-order valence-corrected chi connectivity index (χ3v) is 4.59. The van der Waals surface area contributed by atoms with Crippen molar-refractivity contribution in [3.8, 4) is 28.6 Å². The molecular formula is C21H15N5O6. The number of H-pyrrole nitrogens is 1. The number of hydrazone groups is 1. The molecule has 0 aliphatic rings. The number of carbonyl (C=O) groups excluding carboxylic acids is 1. The van der Waals surface area contributed by atoms with E-state index in [9.17, 15) is 30.2 Å². The quantitative estimate of drug-likeness (QED) is 0.183. The summed E-state index contributed by atoms with van der Waals surface area (Å²) < 4.78 is 0. The number of carbonyl (C=O) groups is 1. The lowest BCUT2D eigenvalue weighted by atomic mass is 10.2. The van der Waals surface area contributed by atoms with Crippen molar-refractivity contribution in [2.24, 2.45) is 5.10 Å². The van der Waals surface area contributed by atoms with Crippen molar-refractivity contribution in [3.63, 3.8) is 0 Å². The molecule has 4 aromatic rings. The Morgan fingerprint density at radius 2 is 1.84 bits per heavy atom. The summed E-state index contributed by atoms with van der Waals surface area (Å²) >= 11 is 0. The molecule has 0 bridgehead atoms. The molecular weight excluding hydrogens is 418 g/mol. The van der Waals surface area contributed by atoms with Gasteiger partial charge in [-0.3, -0.25) is 14.9 Å². The van der Waals surface area contributed by atoms with Crippen molar-refractivity contribution in [2.75, 3.05) is 0 Å². The number of phenolic OH excluding ortho intramolecular Hbond substituents is 3. The van der Waals surface area contributed by atoms with Crippen LogP contribution in [0.1, 0.15) is 15.9 Å². The normalized spacial score (nSPS) is 11.1. The number of nitro groups is 1. The molecule has 1 amide bonds. The number of fused-ring (bicyclic) bond motifs is 1. The molecule has 32 heavy (non-hydrogen) atoms. The fraction of sp³-hybridized carbons (Fsp3) is 0. The van der Waals surface area contributed by atoms with Gasteiger partial charge in [-0.25, -0.2) is 10.4 Å². The molecule has 160 valence electrons. The molecule has 5 N–H and O–H groups in total. The van der Waals surface area contributed by atoms with Crippen LogP contribution in [0.3, 0.4) is 0 Å². The number of amides is 1. The molecule has 0 spiro atoms. The zero-order valence-electron chi connectivity index (χ0n) is 16.2. The van der Waals surface area contributed by atoms with Gasteiger partial charge in [0.05, 0.1) is 27.7 Å². The topological polar surface area (TPSA) is 174 Å². The zero-order valence-corrected chi connectivity index (χ0v) is 16.2. The SMILES string of the molecule is O=C(N/N=C/c1cc([N+](=O)[O-])c(O)cc1O)c1ccc2nc(-c3ccccc3O)[nH]c2c1. The van der Waals surface area contributed by atoms with Crippen LogP contribution in [0.25, 0.3) is 22.4 Å². The molecule has 0 fully saturated rings. The largest absolute Gasteiger partial charge is 0.507 e. The van der Waals surface area contributed by atoms with Crippen molar-refractivity contribution in [3.05, 3.63) is 75.8 Å². The fourth-order valence-electron chi connectivity index (χ4n) is 3.01. The molecule has 3 aromatic carbocycles. The third-order valence-electron chi connectivity index (χ3n) is 4.59. The van der Waals surface area contributed by atoms with Crippen LogP contribution >= 0.6 is 0 Å². The second-order valence-electron chi connectivity index (χ2n) is 6.69. The molecule has 1 aromatic heterocycles. The van der Waals surface area contributed by atoms with Crippen LogP contribution in [0.4, 0.5) is 5.69 Å². The maximum atomic E-state index is 12.4. The molecule has 0 unspecified atom stereocenters. The highest BCUT2D eigenvalue weighted by Gasteiger charge is 2.17. The number of imidazole rings is 1. The highest BCUT2D eigenvalue weighted by molar-refractivity contribution is 5.98. The van der Waals surface area contributed by atoms with Gasteiger partial charge in [0.2, 0.25) is 0 Å². The minimum Gasteiger partial charge on any atom is -0.507 e. The van der Waals surface area contributed by atoms with Crippen LogP contribution in [0.2, 0.25) is 0 Å². The molecule has 0 radical (unpaired) electrons. The Morgan fingerprint density at radius 1 is 1.06 bits per heavy atom. The van der Waals surface area contributed by atoms with Gasteiger partial charge in [-0.1, -0.05) is 12.1 Å². The Balaban J connectivity index is 1.54. The second-order valence-corrected chi connectivity index (χ2v) is 6.69. The summed E-state index contributed by atoms with van der Waals surface area (Å²) in [5.74, 6) is -1.20. The Morgan fingerprint density at radius 3 is 2.59 bits per heavy atom. The van der Waals surface area contributed by atoms with Gasteiger partial charge >= 0.3 is 5.69 Å². The van der Waals surface area contributed by atoms with E-state index in [0.717, 1.165) is 18.3 Å². The predicted octanol–water partition coefficient (Wildman–Crippen LogP) is 3.02. The van der Waals surface area contributed by atoms with Gasteiger partial charge in [-0.15, -0.1) is 0 Å². The van der Waals surface area contributed by atoms with E-state index < -0.39 is 28.0 Å². The van der Waals surface area contributed by atoms with Crippen LogP contribution in [0, 0.1) is 10.1 Å². The van der Waals surface area contributed by atoms with E-state index in [2.05, 4.69) is 20.5 Å². The summed E-state index contributed by atoms with van der Waals surface area (Å²) in [6.07, 6.45) is 1.02. The minimum atomic E-state index is -0.812. The number of rotatable bonds is 5. The highest BCUT2D eigenvalue weighted by Crippen LogP contribution is 2.32. The third kappa shape index (κ3) is 3.89. The molecule has 0 saturated heterocycles. The van der Waals surface area contributed by atoms with Crippen molar-refractivity contribution >= 4 is 28.8 Å². The van der Waals surface area contributed by atoms with E-state index in [4.69, 9.17) is 0 Å². The van der Waals surface area contributed by atoms with E-state index in [1.165, 1.54) is 6.07 Å². The lowest BCUT2D eigenvalue weighted by Gasteiger charge is -2.02. The average molecular weight is 433 g/mol. The van der Waals surface area contributed by atoms with Gasteiger partial charge in [0.1, 0.15) is 17.3 Å². The van der Waals surface area contributed by atoms with E-state index in [-0.39, 0.29) is 16.9 Å². The lowest BCUT2D eigenvalue weighted by Crippen LogP contribution is -2.17. The van der Waals surface area contributed by atoms with Crippen molar-refractivity contribution in [2.45, 2.75) is 0 Å². The van der Waals surface area contributed by atoms with Crippen molar-refractivity contribution in [1.29, 1.82) is 0 Å². The van der Waals surface area contributed by atoms with Gasteiger partial charge in [0.25, 0.3) is 5.91 Å². The number of aromatic amines is 1. The van der Waals surface area contributed by atoms with Gasteiger partial charge in [0.15, 0.2) is 5.75 Å². The molecule has 0 aliphatic carbocycles. The molecule has 0 atom stereocenters. The Kier molecular flexibility index (Phi) is 5.13. The average Bonchev–Trinajstić information content (AvgIpc) is 3.18. The standard InChI is InChI=1S/C21H15N5O6/c27-17-4-2-1-3-13(17)20-23-14-6-5-11(7-15(14)24-20)21(30)25-22-10-12-8-16(26(31)32)19(29)9-18(12)28/h1-10,27-29H,(H,23,24)(H,25,30)/b22-10+. The van der Waals surface area contributed by atoms with Crippen LogP contribution in [-0.2, 0) is 0 Å². The first-order chi connectivity index (χ1) is 15.3. The number of hydrogen-bond acceptors (Lipinski definition) is 8. The summed E-state index contributed by atoms with van der Waals surface area (Å²) in [6, 6.07) is 13.2. The summed E-state index contributed by atoms with van der Waals surface area (Å²) in [7, 11) is 0. The van der Waals surface area contributed by atoms with Crippen LogP contribution in [-0.4, -0.2) is 42.3 Å². The van der Waals surface area contributed by atoms with Crippen LogP contribution < -0.4 is 5.43 Å². The number of aromatic nitrogens is 2. The maximum Gasteiger partial charge on any atom is 0.311 e. The Bertz CT molecular complexity index is 1390. The van der Waals surface area contributed by atoms with Gasteiger partial charge in [-0.05, 0) is 30.3 Å². The monoisotopic (exact) mass is 433 g/mol. The zero-order chi connectivity index (χ0) is 22.8. The molecule has 0 saturated carbocycles. The van der Waals surface area contributed by atoms with Gasteiger partial charge in [-0.2, -0.15) is 5.10 Å². The first kappa shape index (κ1) is 20.3. The second kappa shape index (κ2) is 8.07. The van der Waals surface area contributed by atoms with E-state index in [1.54, 1.807) is 36.4 Å². The number of nitrogens with one attached hydrogen (secondary N) is 2. The van der Waals surface area contributed by atoms with Crippen LogP contribution in [0.5, 0.6) is 17.2 Å². The summed E-state index contributed by atoms with van der Waals surface area (Å²) in [6.45, 7) is 0. The number of nitro benzene ring substituents is 1. The number of para-hydroxylation sites is 1. The molecule has 4 rings (SSSR count). The number of nitrogens with zero attached hydrogens (tertiary/aromatic N) is 3. The number of hydrogen-bond donors (Lipinski definition) is 5. The highest BCUT2D eigenvalue weighted by atomic mass is 16.6. The number of aromatic hydroxyl groups is 3. The predicted molar refractivity (Wildman–Crippen MR) is 115 cm³/mol. The van der Waals surface area contributed by atoms with Gasteiger partial charge < -0.3 is 20.3 Å². The molecule has 11 nitrogen and oxygen atoms in total. The molecule has 1 heterocycles. The van der Waals surface area contributed by atoms with E-state index in [0.29, 0.717) is 22.4 Å². The summed E-state index contributed by atoms with van der Waals surface area (Å²) in [5.41, 5.74) is 3.51.